The molecule has 126 valence electrons. The van der Waals surface area contributed by atoms with Crippen molar-refractivity contribution in [2.45, 2.75) is 51.6 Å². The van der Waals surface area contributed by atoms with Gasteiger partial charge in [-0.3, -0.25) is 9.59 Å². The minimum Gasteiger partial charge on any atom is -0.487 e. The highest BCUT2D eigenvalue weighted by Gasteiger charge is 2.32. The molecular formula is C18H26N2O3. The lowest BCUT2D eigenvalue weighted by Gasteiger charge is -2.31. The Balaban J connectivity index is 1.93. The van der Waals surface area contributed by atoms with E-state index in [0.717, 1.165) is 25.7 Å². The van der Waals surface area contributed by atoms with Crippen LogP contribution in [0.4, 0.5) is 0 Å². The third-order valence-electron chi connectivity index (χ3n) is 3.93. The molecule has 1 aromatic rings. The highest BCUT2D eigenvalue weighted by atomic mass is 16.5. The number of nitrogens with two attached hydrogens (primary N) is 1. The first-order valence-electron chi connectivity index (χ1n) is 8.27. The highest BCUT2D eigenvalue weighted by Crippen LogP contribution is 2.33. The summed E-state index contributed by atoms with van der Waals surface area (Å²) in [4.78, 5) is 24.4. The van der Waals surface area contributed by atoms with Gasteiger partial charge in [0.15, 0.2) is 5.78 Å². The molecule has 1 aliphatic rings. The quantitative estimate of drug-likeness (QED) is 0.757. The van der Waals surface area contributed by atoms with E-state index in [1.807, 2.05) is 13.8 Å². The first-order chi connectivity index (χ1) is 10.9. The van der Waals surface area contributed by atoms with Gasteiger partial charge in [-0.25, -0.2) is 0 Å². The molecule has 2 rings (SSSR count). The highest BCUT2D eigenvalue weighted by molar-refractivity contribution is 6.03. The summed E-state index contributed by atoms with van der Waals surface area (Å²) in [6, 6.07) is 5.05. The number of fused-ring (bicyclic) bond motifs is 1. The predicted octanol–water partition coefficient (Wildman–Crippen LogP) is 2.68. The molecular weight excluding hydrogens is 292 g/mol. The number of amides is 1. The van der Waals surface area contributed by atoms with Crippen molar-refractivity contribution in [3.05, 3.63) is 29.3 Å². The summed E-state index contributed by atoms with van der Waals surface area (Å²) < 4.78 is 5.80. The molecule has 0 saturated heterocycles. The summed E-state index contributed by atoms with van der Waals surface area (Å²) in [5.74, 6) is 0.432. The fraction of sp³-hybridized carbons (Fsp3) is 0.556. The number of rotatable bonds is 7. The van der Waals surface area contributed by atoms with Crippen molar-refractivity contribution in [2.24, 2.45) is 5.73 Å². The smallest absolute Gasteiger partial charge is 0.251 e. The van der Waals surface area contributed by atoms with Gasteiger partial charge in [-0.2, -0.15) is 0 Å². The van der Waals surface area contributed by atoms with Crippen molar-refractivity contribution in [3.63, 3.8) is 0 Å². The molecule has 1 amide bonds. The number of nitrogens with one attached hydrogen (secondary N) is 1. The third kappa shape index (κ3) is 4.79. The van der Waals surface area contributed by atoms with Crippen LogP contribution in [0.2, 0.25) is 0 Å². The summed E-state index contributed by atoms with van der Waals surface area (Å²) in [6.45, 7) is 5.13. The molecule has 0 aromatic heterocycles. The molecule has 0 fully saturated rings. The topological polar surface area (TPSA) is 81.4 Å². The number of hydrogen-bond donors (Lipinski definition) is 2. The molecule has 0 radical (unpaired) electrons. The lowest BCUT2D eigenvalue weighted by Crippen LogP contribution is -2.36. The molecule has 1 heterocycles. The van der Waals surface area contributed by atoms with Gasteiger partial charge in [-0.05, 0) is 51.4 Å². The van der Waals surface area contributed by atoms with Crippen LogP contribution in [0, 0.1) is 0 Å². The Morgan fingerprint density at radius 2 is 2.00 bits per heavy atom. The first kappa shape index (κ1) is 17.5. The average molecular weight is 318 g/mol. The number of carbonyl (C=O) groups is 2. The second kappa shape index (κ2) is 7.59. The van der Waals surface area contributed by atoms with Gasteiger partial charge >= 0.3 is 0 Å². The number of ketones is 1. The third-order valence-corrected chi connectivity index (χ3v) is 3.93. The molecule has 1 aliphatic heterocycles. The summed E-state index contributed by atoms with van der Waals surface area (Å²) in [6.07, 6.45) is 4.44. The SMILES string of the molecule is CC1(C)CC(=O)c2cc(C(=O)NCCCCCCN)ccc2O1. The first-order valence-corrected chi connectivity index (χ1v) is 8.27. The van der Waals surface area contributed by atoms with Crippen molar-refractivity contribution >= 4 is 11.7 Å². The van der Waals surface area contributed by atoms with Gasteiger partial charge in [-0.15, -0.1) is 0 Å². The lowest BCUT2D eigenvalue weighted by molar-refractivity contribution is 0.0620. The Kier molecular flexibility index (Phi) is 5.77. The number of hydrogen-bond acceptors (Lipinski definition) is 4. The zero-order valence-corrected chi connectivity index (χ0v) is 14.0. The van der Waals surface area contributed by atoms with Crippen LogP contribution in [0.1, 0.15) is 66.7 Å². The van der Waals surface area contributed by atoms with Crippen molar-refractivity contribution in [3.8, 4) is 5.75 Å². The lowest BCUT2D eigenvalue weighted by atomic mass is 9.92. The van der Waals surface area contributed by atoms with E-state index in [4.69, 9.17) is 10.5 Å². The van der Waals surface area contributed by atoms with Gasteiger partial charge in [-0.1, -0.05) is 12.8 Å². The number of ether oxygens (including phenoxy) is 1. The molecule has 0 unspecified atom stereocenters. The van der Waals surface area contributed by atoms with E-state index in [2.05, 4.69) is 5.32 Å². The Hall–Kier alpha value is -1.88. The number of carbonyl (C=O) groups excluding carboxylic acids is 2. The van der Waals surface area contributed by atoms with Gasteiger partial charge < -0.3 is 15.8 Å². The van der Waals surface area contributed by atoms with Crippen LogP contribution in [-0.2, 0) is 0 Å². The van der Waals surface area contributed by atoms with Gasteiger partial charge in [0.2, 0.25) is 0 Å². The molecule has 0 saturated carbocycles. The van der Waals surface area contributed by atoms with Gasteiger partial charge in [0, 0.05) is 12.1 Å². The van der Waals surface area contributed by atoms with E-state index < -0.39 is 5.60 Å². The Morgan fingerprint density at radius 1 is 1.26 bits per heavy atom. The Morgan fingerprint density at radius 3 is 2.74 bits per heavy atom. The second-order valence-electron chi connectivity index (χ2n) is 6.63. The fourth-order valence-corrected chi connectivity index (χ4v) is 2.72. The molecule has 1 aromatic carbocycles. The maximum atomic E-state index is 12.2. The van der Waals surface area contributed by atoms with E-state index in [1.54, 1.807) is 18.2 Å². The minimum absolute atomic E-state index is 0.0210. The summed E-state index contributed by atoms with van der Waals surface area (Å²) >= 11 is 0. The van der Waals surface area contributed by atoms with Crippen LogP contribution < -0.4 is 15.8 Å². The monoisotopic (exact) mass is 318 g/mol. The normalized spacial score (nSPS) is 15.7. The maximum Gasteiger partial charge on any atom is 0.251 e. The van der Waals surface area contributed by atoms with Crippen molar-refractivity contribution in [2.75, 3.05) is 13.1 Å². The van der Waals surface area contributed by atoms with E-state index in [9.17, 15) is 9.59 Å². The standard InChI is InChI=1S/C18H26N2O3/c1-18(2)12-15(21)14-11-13(7-8-16(14)23-18)17(22)20-10-6-4-3-5-9-19/h7-8,11H,3-6,9-10,12,19H2,1-2H3,(H,20,22). The predicted molar refractivity (Wildman–Crippen MR) is 90.0 cm³/mol. The fourth-order valence-electron chi connectivity index (χ4n) is 2.72. The van der Waals surface area contributed by atoms with Gasteiger partial charge in [0.1, 0.15) is 11.4 Å². The molecule has 0 aliphatic carbocycles. The molecule has 0 atom stereocenters. The van der Waals surface area contributed by atoms with Crippen molar-refractivity contribution < 1.29 is 14.3 Å². The van der Waals surface area contributed by atoms with E-state index in [0.29, 0.717) is 36.4 Å². The summed E-state index contributed by atoms with van der Waals surface area (Å²) in [5.41, 5.74) is 5.96. The molecule has 5 heteroatoms. The summed E-state index contributed by atoms with van der Waals surface area (Å²) in [7, 11) is 0. The van der Waals surface area contributed by atoms with Crippen molar-refractivity contribution in [1.29, 1.82) is 0 Å². The van der Waals surface area contributed by atoms with Crippen molar-refractivity contribution in [1.82, 2.24) is 5.32 Å². The molecule has 3 N–H and O–H groups in total. The van der Waals surface area contributed by atoms with Crippen LogP contribution in [0.5, 0.6) is 5.75 Å². The molecule has 0 spiro atoms. The van der Waals surface area contributed by atoms with E-state index >= 15 is 0 Å². The summed E-state index contributed by atoms with van der Waals surface area (Å²) in [5, 5.41) is 2.89. The average Bonchev–Trinajstić information content (AvgIpc) is 2.49. The second-order valence-corrected chi connectivity index (χ2v) is 6.63. The van der Waals surface area contributed by atoms with Crippen LogP contribution in [-0.4, -0.2) is 30.4 Å². The Labute approximate surface area is 137 Å². The number of benzene rings is 1. The van der Waals surface area contributed by atoms with E-state index in [1.165, 1.54) is 0 Å². The largest absolute Gasteiger partial charge is 0.487 e. The van der Waals surface area contributed by atoms with Gasteiger partial charge in [0.25, 0.3) is 5.91 Å². The van der Waals surface area contributed by atoms with Crippen LogP contribution >= 0.6 is 0 Å². The van der Waals surface area contributed by atoms with E-state index in [-0.39, 0.29) is 11.7 Å². The van der Waals surface area contributed by atoms with Crippen LogP contribution in [0.25, 0.3) is 0 Å². The number of Topliss-reactive ketones (excluding diaryl/α,β-unsaturated/α-hetero) is 1. The zero-order chi connectivity index (χ0) is 16.9. The zero-order valence-electron chi connectivity index (χ0n) is 14.0. The number of unbranched alkanes of at least 4 members (excludes halogenated alkanes) is 3. The van der Waals surface area contributed by atoms with Crippen LogP contribution in [0.15, 0.2) is 18.2 Å². The minimum atomic E-state index is -0.489. The maximum absolute atomic E-state index is 12.2. The van der Waals surface area contributed by atoms with Gasteiger partial charge in [0.05, 0.1) is 12.0 Å². The Bertz CT molecular complexity index is 582. The van der Waals surface area contributed by atoms with Crippen LogP contribution in [0.3, 0.4) is 0 Å². The molecule has 5 nitrogen and oxygen atoms in total. The molecule has 23 heavy (non-hydrogen) atoms. The molecule has 0 bridgehead atoms.